The van der Waals surface area contributed by atoms with Crippen LogP contribution in [0.2, 0.25) is 0 Å². The molecule has 1 aromatic carbocycles. The van der Waals surface area contributed by atoms with E-state index >= 15 is 0 Å². The van der Waals surface area contributed by atoms with Gasteiger partial charge in [0.15, 0.2) is 0 Å². The van der Waals surface area contributed by atoms with Gasteiger partial charge >= 0.3 is 12.4 Å². The van der Waals surface area contributed by atoms with Crippen LogP contribution in [0.3, 0.4) is 0 Å². The number of hydrogen-bond acceptors (Lipinski definition) is 2. The van der Waals surface area contributed by atoms with Crippen molar-refractivity contribution in [2.24, 2.45) is 4.99 Å². The summed E-state index contributed by atoms with van der Waals surface area (Å²) in [5, 5.41) is -1.76. The molecule has 0 bridgehead atoms. The van der Waals surface area contributed by atoms with Crippen LogP contribution in [0.25, 0.3) is 0 Å². The van der Waals surface area contributed by atoms with Crippen molar-refractivity contribution in [3.05, 3.63) is 23.8 Å². The average molecular weight is 306 g/mol. The van der Waals surface area contributed by atoms with Crippen LogP contribution in [-0.2, 0) is 6.18 Å². The standard InChI is InChI=1S/C10H6ClF6NO/c1-19-7-3-2-5(4-6(7)9(12,13)14)18-8(11)10(15,16)17/h2-4H,1H3. The van der Waals surface area contributed by atoms with Gasteiger partial charge in [-0.15, -0.1) is 0 Å². The molecule has 19 heavy (non-hydrogen) atoms. The molecular formula is C10H6ClF6NO. The normalized spacial score (nSPS) is 13.6. The van der Waals surface area contributed by atoms with E-state index in [1.807, 2.05) is 0 Å². The van der Waals surface area contributed by atoms with E-state index in [4.69, 9.17) is 11.6 Å². The predicted molar refractivity (Wildman–Crippen MR) is 57.0 cm³/mol. The molecule has 0 unspecified atom stereocenters. The maximum absolute atomic E-state index is 12.6. The molecule has 0 saturated carbocycles. The molecule has 0 saturated heterocycles. The summed E-state index contributed by atoms with van der Waals surface area (Å²) in [6.45, 7) is 0. The average Bonchev–Trinajstić information content (AvgIpc) is 2.26. The second kappa shape index (κ2) is 5.28. The summed E-state index contributed by atoms with van der Waals surface area (Å²) in [5.41, 5.74) is -1.81. The lowest BCUT2D eigenvalue weighted by Gasteiger charge is -2.12. The van der Waals surface area contributed by atoms with Gasteiger partial charge in [0.2, 0.25) is 5.17 Å². The van der Waals surface area contributed by atoms with E-state index in [1.165, 1.54) is 0 Å². The lowest BCUT2D eigenvalue weighted by Crippen LogP contribution is -2.16. The van der Waals surface area contributed by atoms with E-state index in [1.54, 1.807) is 0 Å². The monoisotopic (exact) mass is 305 g/mol. The molecule has 0 atom stereocenters. The highest BCUT2D eigenvalue weighted by Crippen LogP contribution is 2.38. The topological polar surface area (TPSA) is 21.6 Å². The predicted octanol–water partition coefficient (Wildman–Crippen LogP) is 4.55. The van der Waals surface area contributed by atoms with Gasteiger partial charge in [0.1, 0.15) is 5.75 Å². The first-order chi connectivity index (χ1) is 8.55. The molecule has 1 rings (SSSR count). The molecule has 0 heterocycles. The van der Waals surface area contributed by atoms with Gasteiger partial charge in [0.25, 0.3) is 0 Å². The number of hydrogen-bond donors (Lipinski definition) is 0. The molecule has 0 aliphatic rings. The Bertz CT molecular complexity index is 494. The SMILES string of the molecule is COc1ccc(N=C(Cl)C(F)(F)F)cc1C(F)(F)F. The highest BCUT2D eigenvalue weighted by molar-refractivity contribution is 6.67. The lowest BCUT2D eigenvalue weighted by molar-refractivity contribution is -0.138. The minimum atomic E-state index is -4.92. The number of nitrogens with zero attached hydrogens (tertiary/aromatic N) is 1. The number of aliphatic imine (C=N–C) groups is 1. The molecule has 0 N–H and O–H groups in total. The zero-order chi connectivity index (χ0) is 14.8. The van der Waals surface area contributed by atoms with Crippen LogP contribution in [0.1, 0.15) is 5.56 Å². The van der Waals surface area contributed by atoms with E-state index < -0.39 is 34.5 Å². The number of halogens is 7. The molecule has 0 amide bonds. The fraction of sp³-hybridized carbons (Fsp3) is 0.300. The van der Waals surface area contributed by atoms with Crippen molar-refractivity contribution in [1.29, 1.82) is 0 Å². The molecule has 0 aromatic heterocycles. The van der Waals surface area contributed by atoms with Crippen LogP contribution in [0.5, 0.6) is 5.75 Å². The van der Waals surface area contributed by atoms with E-state index in [2.05, 4.69) is 9.73 Å². The van der Waals surface area contributed by atoms with Gasteiger partial charge < -0.3 is 4.74 Å². The zero-order valence-corrected chi connectivity index (χ0v) is 9.99. The summed E-state index contributed by atoms with van der Waals surface area (Å²) < 4.78 is 78.6. The second-order valence-electron chi connectivity index (χ2n) is 3.28. The third-order valence-corrected chi connectivity index (χ3v) is 2.25. The Kier molecular flexibility index (Phi) is 4.34. The van der Waals surface area contributed by atoms with Crippen molar-refractivity contribution >= 4 is 22.5 Å². The first-order valence-electron chi connectivity index (χ1n) is 4.62. The Morgan fingerprint density at radius 1 is 1.16 bits per heavy atom. The molecule has 2 nitrogen and oxygen atoms in total. The van der Waals surface area contributed by atoms with Gasteiger partial charge in [-0.2, -0.15) is 26.3 Å². The van der Waals surface area contributed by atoms with Gasteiger partial charge in [0.05, 0.1) is 18.4 Å². The van der Waals surface area contributed by atoms with Crippen LogP contribution in [0, 0.1) is 0 Å². The molecule has 106 valence electrons. The Balaban J connectivity index is 3.27. The molecule has 0 fully saturated rings. The Morgan fingerprint density at radius 2 is 1.74 bits per heavy atom. The van der Waals surface area contributed by atoms with Crippen LogP contribution in [-0.4, -0.2) is 18.5 Å². The van der Waals surface area contributed by atoms with Gasteiger partial charge in [-0.25, -0.2) is 4.99 Å². The van der Waals surface area contributed by atoms with Crippen molar-refractivity contribution in [2.45, 2.75) is 12.4 Å². The molecule has 0 spiro atoms. The molecule has 0 aliphatic heterocycles. The van der Waals surface area contributed by atoms with Crippen LogP contribution >= 0.6 is 11.6 Å². The van der Waals surface area contributed by atoms with E-state index in [0.717, 1.165) is 19.2 Å². The van der Waals surface area contributed by atoms with Crippen LogP contribution in [0.4, 0.5) is 32.0 Å². The fourth-order valence-corrected chi connectivity index (χ4v) is 1.26. The first kappa shape index (κ1) is 15.6. The first-order valence-corrected chi connectivity index (χ1v) is 5.00. The molecule has 0 radical (unpaired) electrons. The maximum Gasteiger partial charge on any atom is 0.444 e. The quantitative estimate of drug-likeness (QED) is 0.580. The number of methoxy groups -OCH3 is 1. The summed E-state index contributed by atoms with van der Waals surface area (Å²) >= 11 is 4.84. The van der Waals surface area contributed by atoms with Gasteiger partial charge in [-0.3, -0.25) is 0 Å². The summed E-state index contributed by atoms with van der Waals surface area (Å²) in [6, 6.07) is 2.22. The van der Waals surface area contributed by atoms with Crippen molar-refractivity contribution < 1.29 is 31.1 Å². The summed E-state index contributed by atoms with van der Waals surface area (Å²) in [7, 11) is 1.01. The molecule has 0 aliphatic carbocycles. The van der Waals surface area contributed by atoms with Crippen molar-refractivity contribution in [3.8, 4) is 5.75 Å². The second-order valence-corrected chi connectivity index (χ2v) is 3.64. The Labute approximate surface area is 108 Å². The molecule has 9 heteroatoms. The minimum Gasteiger partial charge on any atom is -0.496 e. The van der Waals surface area contributed by atoms with E-state index in [-0.39, 0.29) is 0 Å². The highest BCUT2D eigenvalue weighted by Gasteiger charge is 2.36. The lowest BCUT2D eigenvalue weighted by atomic mass is 10.1. The van der Waals surface area contributed by atoms with Crippen LogP contribution in [0.15, 0.2) is 23.2 Å². The van der Waals surface area contributed by atoms with E-state index in [9.17, 15) is 26.3 Å². The van der Waals surface area contributed by atoms with Gasteiger partial charge in [-0.05, 0) is 18.2 Å². The van der Waals surface area contributed by atoms with Crippen molar-refractivity contribution in [1.82, 2.24) is 0 Å². The fourth-order valence-electron chi connectivity index (χ4n) is 1.16. The van der Waals surface area contributed by atoms with Crippen molar-refractivity contribution in [3.63, 3.8) is 0 Å². The Morgan fingerprint density at radius 3 is 2.16 bits per heavy atom. The third kappa shape index (κ3) is 4.02. The number of ether oxygens (including phenoxy) is 1. The minimum absolute atomic E-state index is 0.424. The third-order valence-electron chi connectivity index (χ3n) is 1.95. The summed E-state index contributed by atoms with van der Waals surface area (Å²) in [5.74, 6) is -0.519. The Hall–Kier alpha value is -1.44. The van der Waals surface area contributed by atoms with Gasteiger partial charge in [0, 0.05) is 0 Å². The smallest absolute Gasteiger partial charge is 0.444 e. The highest BCUT2D eigenvalue weighted by atomic mass is 35.5. The number of rotatable bonds is 2. The largest absolute Gasteiger partial charge is 0.496 e. The number of alkyl halides is 6. The van der Waals surface area contributed by atoms with E-state index in [0.29, 0.717) is 6.07 Å². The summed E-state index contributed by atoms with van der Waals surface area (Å²) in [6.07, 6.45) is -9.69. The maximum atomic E-state index is 12.6. The molecule has 1 aromatic rings. The van der Waals surface area contributed by atoms with Crippen LogP contribution < -0.4 is 4.74 Å². The number of benzene rings is 1. The summed E-state index contributed by atoms with van der Waals surface area (Å²) in [4.78, 5) is 2.88. The molecular weight excluding hydrogens is 300 g/mol. The van der Waals surface area contributed by atoms with Gasteiger partial charge in [-0.1, -0.05) is 11.6 Å². The van der Waals surface area contributed by atoms with Crippen molar-refractivity contribution in [2.75, 3.05) is 7.11 Å². The zero-order valence-electron chi connectivity index (χ0n) is 9.23.